The summed E-state index contributed by atoms with van der Waals surface area (Å²) in [5.74, 6) is -1.62. The fraction of sp³-hybridized carbons (Fsp3) is 0.273. The van der Waals surface area contributed by atoms with E-state index in [0.717, 1.165) is 4.47 Å². The van der Waals surface area contributed by atoms with Crippen LogP contribution in [0.4, 0.5) is 5.69 Å². The zero-order valence-corrected chi connectivity index (χ0v) is 11.8. The molecule has 7 heteroatoms. The fourth-order valence-corrected chi connectivity index (χ4v) is 2.49. The third-order valence-electron chi connectivity index (χ3n) is 1.94. The molecule has 0 spiro atoms. The number of carboxylic acids is 1. The molecule has 0 heterocycles. The van der Waals surface area contributed by atoms with Gasteiger partial charge in [-0.25, -0.2) is 0 Å². The number of halogens is 1. The fourth-order valence-electron chi connectivity index (χ4n) is 1.18. The molecule has 0 fully saturated rings. The van der Waals surface area contributed by atoms with Crippen LogP contribution in [0.3, 0.4) is 0 Å². The average molecular weight is 334 g/mol. The summed E-state index contributed by atoms with van der Waals surface area (Å²) in [6.45, 7) is 0. The second-order valence-electron chi connectivity index (χ2n) is 3.49. The van der Waals surface area contributed by atoms with Crippen LogP contribution in [0.5, 0.6) is 0 Å². The molecule has 0 aliphatic carbocycles. The molecule has 1 amide bonds. The highest BCUT2D eigenvalue weighted by Crippen LogP contribution is 2.15. The Labute approximate surface area is 115 Å². The van der Waals surface area contributed by atoms with Crippen LogP contribution in [0.15, 0.2) is 28.7 Å². The second kappa shape index (κ2) is 7.27. The van der Waals surface area contributed by atoms with Gasteiger partial charge in [0.25, 0.3) is 0 Å². The normalized spacial score (nSPS) is 11.8. The molecule has 1 rings (SSSR count). The quantitative estimate of drug-likeness (QED) is 0.828. The first-order valence-electron chi connectivity index (χ1n) is 5.09. The number of carbonyl (C=O) groups excluding carboxylic acids is 1. The zero-order chi connectivity index (χ0) is 13.5. The smallest absolute Gasteiger partial charge is 0.304 e. The molecule has 0 saturated carbocycles. The molecule has 1 unspecified atom stereocenters. The Bertz CT molecular complexity index is 478. The number of nitrogens with one attached hydrogen (secondary N) is 1. The number of amides is 1. The Morgan fingerprint density at radius 2 is 2.11 bits per heavy atom. The summed E-state index contributed by atoms with van der Waals surface area (Å²) in [6.07, 6.45) is -0.198. The molecule has 2 N–H and O–H groups in total. The summed E-state index contributed by atoms with van der Waals surface area (Å²) >= 11 is 3.27. The Hall–Kier alpha value is -1.21. The van der Waals surface area contributed by atoms with E-state index in [0.29, 0.717) is 5.69 Å². The van der Waals surface area contributed by atoms with E-state index in [2.05, 4.69) is 21.2 Å². The van der Waals surface area contributed by atoms with Gasteiger partial charge in [-0.2, -0.15) is 0 Å². The van der Waals surface area contributed by atoms with E-state index in [4.69, 9.17) is 5.11 Å². The van der Waals surface area contributed by atoms with Gasteiger partial charge < -0.3 is 10.4 Å². The number of carbonyl (C=O) groups is 2. The van der Waals surface area contributed by atoms with Gasteiger partial charge in [0.1, 0.15) is 5.75 Å². The number of anilines is 1. The lowest BCUT2D eigenvalue weighted by molar-refractivity contribution is -0.136. The van der Waals surface area contributed by atoms with Crippen molar-refractivity contribution < 1.29 is 18.9 Å². The van der Waals surface area contributed by atoms with Gasteiger partial charge in [-0.3, -0.25) is 13.8 Å². The van der Waals surface area contributed by atoms with Crippen LogP contribution < -0.4 is 5.32 Å². The highest BCUT2D eigenvalue weighted by atomic mass is 79.9. The Kier molecular flexibility index (Phi) is 6.00. The molecule has 1 aromatic carbocycles. The van der Waals surface area contributed by atoms with Crippen LogP contribution in [-0.4, -0.2) is 32.7 Å². The lowest BCUT2D eigenvalue weighted by Gasteiger charge is -2.05. The van der Waals surface area contributed by atoms with Crippen molar-refractivity contribution in [3.63, 3.8) is 0 Å². The first-order valence-corrected chi connectivity index (χ1v) is 7.37. The predicted molar refractivity (Wildman–Crippen MR) is 72.9 cm³/mol. The molecular weight excluding hydrogens is 322 g/mol. The van der Waals surface area contributed by atoms with Gasteiger partial charge in [-0.05, 0) is 18.2 Å². The third kappa shape index (κ3) is 5.92. The van der Waals surface area contributed by atoms with Gasteiger partial charge in [0.15, 0.2) is 0 Å². The van der Waals surface area contributed by atoms with Crippen molar-refractivity contribution in [2.24, 2.45) is 0 Å². The van der Waals surface area contributed by atoms with E-state index in [1.165, 1.54) is 0 Å². The molecule has 1 aromatic rings. The number of hydrogen-bond acceptors (Lipinski definition) is 3. The molecule has 0 aromatic heterocycles. The highest BCUT2D eigenvalue weighted by Gasteiger charge is 2.10. The van der Waals surface area contributed by atoms with Gasteiger partial charge in [0.2, 0.25) is 5.91 Å². The van der Waals surface area contributed by atoms with E-state index in [9.17, 15) is 13.8 Å². The van der Waals surface area contributed by atoms with E-state index in [1.54, 1.807) is 18.2 Å². The Morgan fingerprint density at radius 1 is 1.39 bits per heavy atom. The molecule has 18 heavy (non-hydrogen) atoms. The average Bonchev–Trinajstić information content (AvgIpc) is 2.26. The highest BCUT2D eigenvalue weighted by molar-refractivity contribution is 9.10. The maximum absolute atomic E-state index is 11.5. The first-order chi connectivity index (χ1) is 8.47. The molecular formula is C11H12BrNO4S. The maximum Gasteiger partial charge on any atom is 0.304 e. The third-order valence-corrected chi connectivity index (χ3v) is 3.68. The SMILES string of the molecule is O=C(O)CCS(=O)CC(=O)Nc1cccc(Br)c1. The summed E-state index contributed by atoms with van der Waals surface area (Å²) in [6, 6.07) is 7.02. The number of aliphatic carboxylic acids is 1. The van der Waals surface area contributed by atoms with Gasteiger partial charge in [0.05, 0.1) is 6.42 Å². The molecule has 0 aliphatic heterocycles. The van der Waals surface area contributed by atoms with Crippen molar-refractivity contribution in [2.75, 3.05) is 16.8 Å². The minimum absolute atomic E-state index is 0.0127. The molecule has 0 saturated heterocycles. The summed E-state index contributed by atoms with van der Waals surface area (Å²) in [7, 11) is -1.45. The van der Waals surface area contributed by atoms with Gasteiger partial charge in [-0.15, -0.1) is 0 Å². The van der Waals surface area contributed by atoms with Gasteiger partial charge in [0, 0.05) is 26.7 Å². The van der Waals surface area contributed by atoms with Crippen LogP contribution >= 0.6 is 15.9 Å². The van der Waals surface area contributed by atoms with Crippen molar-refractivity contribution in [3.05, 3.63) is 28.7 Å². The van der Waals surface area contributed by atoms with Crippen molar-refractivity contribution >= 4 is 44.3 Å². The summed E-state index contributed by atoms with van der Waals surface area (Å²) in [5.41, 5.74) is 0.601. The van der Waals surface area contributed by atoms with Crippen molar-refractivity contribution in [1.82, 2.24) is 0 Å². The van der Waals surface area contributed by atoms with Crippen molar-refractivity contribution in [1.29, 1.82) is 0 Å². The molecule has 0 radical (unpaired) electrons. The molecule has 5 nitrogen and oxygen atoms in total. The predicted octanol–water partition coefficient (Wildman–Crippen LogP) is 1.61. The first kappa shape index (κ1) is 14.8. The van der Waals surface area contributed by atoms with Crippen LogP contribution in [0.25, 0.3) is 0 Å². The number of benzene rings is 1. The molecule has 0 bridgehead atoms. The van der Waals surface area contributed by atoms with Gasteiger partial charge >= 0.3 is 5.97 Å². The van der Waals surface area contributed by atoms with E-state index in [-0.39, 0.29) is 17.9 Å². The van der Waals surface area contributed by atoms with Gasteiger partial charge in [-0.1, -0.05) is 22.0 Å². The van der Waals surface area contributed by atoms with E-state index < -0.39 is 22.7 Å². The van der Waals surface area contributed by atoms with Crippen molar-refractivity contribution in [2.45, 2.75) is 6.42 Å². The Morgan fingerprint density at radius 3 is 2.72 bits per heavy atom. The summed E-state index contributed by atoms with van der Waals surface area (Å²) in [5, 5.41) is 11.0. The monoisotopic (exact) mass is 333 g/mol. The maximum atomic E-state index is 11.5. The zero-order valence-electron chi connectivity index (χ0n) is 9.39. The van der Waals surface area contributed by atoms with Crippen LogP contribution in [0.1, 0.15) is 6.42 Å². The minimum Gasteiger partial charge on any atom is -0.481 e. The number of carboxylic acid groups (broad SMARTS) is 1. The lowest BCUT2D eigenvalue weighted by Crippen LogP contribution is -2.21. The van der Waals surface area contributed by atoms with E-state index >= 15 is 0 Å². The number of hydrogen-bond donors (Lipinski definition) is 2. The standard InChI is InChI=1S/C11H12BrNO4S/c12-8-2-1-3-9(6-8)13-10(14)7-18(17)5-4-11(15)16/h1-3,6H,4-5,7H2,(H,13,14)(H,15,16). The molecule has 0 aliphatic rings. The summed E-state index contributed by atoms with van der Waals surface area (Å²) < 4.78 is 12.2. The minimum atomic E-state index is -1.45. The number of rotatable bonds is 6. The van der Waals surface area contributed by atoms with Crippen LogP contribution in [0, 0.1) is 0 Å². The van der Waals surface area contributed by atoms with E-state index in [1.807, 2.05) is 6.07 Å². The largest absolute Gasteiger partial charge is 0.481 e. The summed E-state index contributed by atoms with van der Waals surface area (Å²) in [4.78, 5) is 21.8. The van der Waals surface area contributed by atoms with Crippen LogP contribution in [-0.2, 0) is 20.4 Å². The lowest BCUT2D eigenvalue weighted by atomic mass is 10.3. The Balaban J connectivity index is 2.42. The molecule has 1 atom stereocenters. The molecule has 98 valence electrons. The topological polar surface area (TPSA) is 83.5 Å². The second-order valence-corrected chi connectivity index (χ2v) is 5.98. The van der Waals surface area contributed by atoms with Crippen LogP contribution in [0.2, 0.25) is 0 Å². The van der Waals surface area contributed by atoms with Crippen molar-refractivity contribution in [3.8, 4) is 0 Å².